The van der Waals surface area contributed by atoms with Gasteiger partial charge in [-0.05, 0) is 39.7 Å². The summed E-state index contributed by atoms with van der Waals surface area (Å²) in [6.07, 6.45) is 1.94. The van der Waals surface area contributed by atoms with Crippen LogP contribution in [0.4, 0.5) is 4.79 Å². The molecule has 4 nitrogen and oxygen atoms in total. The lowest BCUT2D eigenvalue weighted by atomic mass is 10.0. The second kappa shape index (κ2) is 4.84. The Morgan fingerprint density at radius 2 is 2.20 bits per heavy atom. The fraction of sp³-hybridized carbons (Fsp3) is 0.909. The number of hydrogen-bond acceptors (Lipinski definition) is 3. The van der Waals surface area contributed by atoms with Crippen molar-refractivity contribution < 1.29 is 9.53 Å². The normalized spacial score (nSPS) is 26.4. The lowest BCUT2D eigenvalue weighted by Crippen LogP contribution is -2.46. The zero-order chi connectivity index (χ0) is 11.5. The molecular weight excluding hydrogens is 192 g/mol. The van der Waals surface area contributed by atoms with Gasteiger partial charge in [0.05, 0.1) is 6.17 Å². The van der Waals surface area contributed by atoms with Crippen LogP contribution in [0, 0.1) is 5.92 Å². The first kappa shape index (κ1) is 12.3. The molecule has 88 valence electrons. The maximum Gasteiger partial charge on any atom is 0.408 e. The molecule has 2 N–H and O–H groups in total. The summed E-state index contributed by atoms with van der Waals surface area (Å²) < 4.78 is 5.20. The van der Waals surface area contributed by atoms with Crippen molar-refractivity contribution in [3.63, 3.8) is 0 Å². The predicted molar refractivity (Wildman–Crippen MR) is 59.6 cm³/mol. The van der Waals surface area contributed by atoms with Crippen LogP contribution in [-0.4, -0.2) is 24.4 Å². The summed E-state index contributed by atoms with van der Waals surface area (Å²) in [6.45, 7) is 8.71. The second-order valence-corrected chi connectivity index (χ2v) is 5.04. The average Bonchev–Trinajstić information content (AvgIpc) is 2.48. The Hall–Kier alpha value is -0.770. The molecule has 0 aromatic rings. The van der Waals surface area contributed by atoms with Crippen molar-refractivity contribution in [1.82, 2.24) is 10.6 Å². The van der Waals surface area contributed by atoms with Crippen molar-refractivity contribution in [3.8, 4) is 0 Å². The maximum atomic E-state index is 11.5. The zero-order valence-corrected chi connectivity index (χ0v) is 10.1. The van der Waals surface area contributed by atoms with Crippen LogP contribution < -0.4 is 10.6 Å². The molecular formula is C11H22N2O2. The van der Waals surface area contributed by atoms with Gasteiger partial charge in [-0.15, -0.1) is 0 Å². The number of ether oxygens (including phenoxy) is 1. The Bertz CT molecular complexity index is 223. The van der Waals surface area contributed by atoms with Crippen LogP contribution in [0.25, 0.3) is 0 Å². The van der Waals surface area contributed by atoms with Crippen LogP contribution in [0.2, 0.25) is 0 Å². The van der Waals surface area contributed by atoms with Gasteiger partial charge in [0.1, 0.15) is 5.60 Å². The molecule has 0 spiro atoms. The molecule has 1 aliphatic heterocycles. The molecule has 4 heteroatoms. The van der Waals surface area contributed by atoms with E-state index in [9.17, 15) is 4.79 Å². The Kier molecular flexibility index (Phi) is 3.97. The third-order valence-electron chi connectivity index (χ3n) is 2.55. The summed E-state index contributed by atoms with van der Waals surface area (Å²) in [5.41, 5.74) is -0.426. The largest absolute Gasteiger partial charge is 0.444 e. The summed E-state index contributed by atoms with van der Waals surface area (Å²) >= 11 is 0. The van der Waals surface area contributed by atoms with Crippen LogP contribution >= 0.6 is 0 Å². The molecule has 0 saturated carbocycles. The summed E-state index contributed by atoms with van der Waals surface area (Å²) in [7, 11) is 0. The van der Waals surface area contributed by atoms with Gasteiger partial charge < -0.3 is 10.1 Å². The number of hydrogen-bond donors (Lipinski definition) is 2. The molecule has 15 heavy (non-hydrogen) atoms. The van der Waals surface area contributed by atoms with E-state index in [0.717, 1.165) is 19.4 Å². The van der Waals surface area contributed by atoms with Gasteiger partial charge in [0.25, 0.3) is 0 Å². The lowest BCUT2D eigenvalue weighted by Gasteiger charge is -2.24. The van der Waals surface area contributed by atoms with Gasteiger partial charge >= 0.3 is 6.09 Å². The van der Waals surface area contributed by atoms with E-state index < -0.39 is 5.60 Å². The van der Waals surface area contributed by atoms with E-state index >= 15 is 0 Å². The molecule has 2 unspecified atom stereocenters. The van der Waals surface area contributed by atoms with Crippen molar-refractivity contribution in [2.24, 2.45) is 5.92 Å². The van der Waals surface area contributed by atoms with Crippen molar-refractivity contribution in [1.29, 1.82) is 0 Å². The average molecular weight is 214 g/mol. The van der Waals surface area contributed by atoms with Gasteiger partial charge in [-0.3, -0.25) is 5.32 Å². The van der Waals surface area contributed by atoms with E-state index in [1.54, 1.807) is 0 Å². The van der Waals surface area contributed by atoms with Crippen molar-refractivity contribution in [3.05, 3.63) is 0 Å². The minimum absolute atomic E-state index is 0.0739. The second-order valence-electron chi connectivity index (χ2n) is 5.04. The highest BCUT2D eigenvalue weighted by Gasteiger charge is 2.28. The van der Waals surface area contributed by atoms with Crippen molar-refractivity contribution in [2.45, 2.75) is 52.3 Å². The molecule has 0 aliphatic carbocycles. The van der Waals surface area contributed by atoms with E-state index in [1.165, 1.54) is 0 Å². The molecule has 0 bridgehead atoms. The molecule has 0 radical (unpaired) electrons. The molecule has 0 aromatic carbocycles. The van der Waals surface area contributed by atoms with E-state index in [4.69, 9.17) is 4.74 Å². The van der Waals surface area contributed by atoms with Crippen LogP contribution in [-0.2, 0) is 4.74 Å². The molecule has 0 aromatic heterocycles. The first-order valence-corrected chi connectivity index (χ1v) is 5.65. The predicted octanol–water partition coefficient (Wildman–Crippen LogP) is 1.86. The minimum atomic E-state index is -0.426. The monoisotopic (exact) mass is 214 g/mol. The highest BCUT2D eigenvalue weighted by molar-refractivity contribution is 5.68. The number of rotatable bonds is 2. The van der Waals surface area contributed by atoms with Crippen LogP contribution in [0.1, 0.15) is 40.5 Å². The molecule has 2 atom stereocenters. The van der Waals surface area contributed by atoms with Gasteiger partial charge in [0.2, 0.25) is 0 Å². The summed E-state index contributed by atoms with van der Waals surface area (Å²) in [4.78, 5) is 11.5. The molecule has 1 fully saturated rings. The maximum absolute atomic E-state index is 11.5. The van der Waals surface area contributed by atoms with Gasteiger partial charge in [0.15, 0.2) is 0 Å². The fourth-order valence-electron chi connectivity index (χ4n) is 1.80. The first-order valence-electron chi connectivity index (χ1n) is 5.65. The Labute approximate surface area is 91.8 Å². The molecule has 1 aliphatic rings. The van der Waals surface area contributed by atoms with E-state index in [2.05, 4.69) is 17.6 Å². The smallest absolute Gasteiger partial charge is 0.408 e. The Morgan fingerprint density at radius 1 is 1.53 bits per heavy atom. The summed E-state index contributed by atoms with van der Waals surface area (Å²) in [6, 6.07) is 0. The van der Waals surface area contributed by atoms with Crippen molar-refractivity contribution >= 4 is 6.09 Å². The number of alkyl carbamates (subject to hydrolysis) is 1. The summed E-state index contributed by atoms with van der Waals surface area (Å²) in [5.74, 6) is 0.525. The van der Waals surface area contributed by atoms with E-state index in [-0.39, 0.29) is 12.3 Å². The molecule has 1 rings (SSSR count). The third kappa shape index (κ3) is 4.08. The van der Waals surface area contributed by atoms with E-state index in [0.29, 0.717) is 5.92 Å². The van der Waals surface area contributed by atoms with Crippen molar-refractivity contribution in [2.75, 3.05) is 6.54 Å². The van der Waals surface area contributed by atoms with Gasteiger partial charge in [-0.1, -0.05) is 13.3 Å². The summed E-state index contributed by atoms with van der Waals surface area (Å²) in [5, 5.41) is 6.13. The number of carbonyl (C=O) groups excluding carboxylic acids is 1. The Balaban J connectivity index is 2.37. The SMILES string of the molecule is CCC1CCNC1NC(=O)OC(C)(C)C. The van der Waals surface area contributed by atoms with Gasteiger partial charge in [0, 0.05) is 0 Å². The molecule has 1 amide bonds. The lowest BCUT2D eigenvalue weighted by molar-refractivity contribution is 0.0485. The van der Waals surface area contributed by atoms with Crippen LogP contribution in [0.5, 0.6) is 0 Å². The van der Waals surface area contributed by atoms with Gasteiger partial charge in [-0.25, -0.2) is 4.79 Å². The highest BCUT2D eigenvalue weighted by Crippen LogP contribution is 2.17. The standard InChI is InChI=1S/C11H22N2O2/c1-5-8-6-7-12-9(8)13-10(14)15-11(2,3)4/h8-9,12H,5-7H2,1-4H3,(H,13,14). The van der Waals surface area contributed by atoms with E-state index in [1.807, 2.05) is 20.8 Å². The first-order chi connectivity index (χ1) is 6.92. The Morgan fingerprint density at radius 3 is 2.73 bits per heavy atom. The quantitative estimate of drug-likeness (QED) is 0.737. The molecule has 1 heterocycles. The molecule has 1 saturated heterocycles. The van der Waals surface area contributed by atoms with Gasteiger partial charge in [-0.2, -0.15) is 0 Å². The zero-order valence-electron chi connectivity index (χ0n) is 10.1. The van der Waals surface area contributed by atoms with Crippen LogP contribution in [0.3, 0.4) is 0 Å². The topological polar surface area (TPSA) is 50.4 Å². The highest BCUT2D eigenvalue weighted by atomic mass is 16.6. The minimum Gasteiger partial charge on any atom is -0.444 e. The number of amides is 1. The third-order valence-corrected chi connectivity index (χ3v) is 2.55. The number of carbonyl (C=O) groups is 1. The fourth-order valence-corrected chi connectivity index (χ4v) is 1.80. The number of nitrogens with one attached hydrogen (secondary N) is 2. The van der Waals surface area contributed by atoms with Crippen LogP contribution in [0.15, 0.2) is 0 Å².